The minimum absolute atomic E-state index is 0.160. The minimum Gasteiger partial charge on any atom is -0.488 e. The summed E-state index contributed by atoms with van der Waals surface area (Å²) in [5, 5.41) is 20.7. The summed E-state index contributed by atoms with van der Waals surface area (Å²) in [4.78, 5) is 2.38. The van der Waals surface area contributed by atoms with E-state index in [2.05, 4.69) is 4.90 Å². The van der Waals surface area contributed by atoms with E-state index in [0.29, 0.717) is 10.9 Å². The second kappa shape index (κ2) is 7.84. The molecule has 1 aromatic carbocycles. The SMILES string of the molecule is OCC1CCN([C@H]2CCC[C@@H](Oc3cccc(Cl)c3)[C@@H]2O)CC1. The van der Waals surface area contributed by atoms with E-state index in [0.717, 1.165) is 50.9 Å². The largest absolute Gasteiger partial charge is 0.488 e. The number of hydrogen-bond acceptors (Lipinski definition) is 4. The maximum atomic E-state index is 10.8. The number of rotatable bonds is 4. The molecule has 1 heterocycles. The van der Waals surface area contributed by atoms with Crippen molar-refractivity contribution >= 4 is 11.6 Å². The maximum absolute atomic E-state index is 10.8. The van der Waals surface area contributed by atoms with Gasteiger partial charge in [-0.05, 0) is 69.3 Å². The number of benzene rings is 1. The van der Waals surface area contributed by atoms with Gasteiger partial charge in [-0.2, -0.15) is 0 Å². The Balaban J connectivity index is 1.61. The fourth-order valence-electron chi connectivity index (χ4n) is 3.83. The van der Waals surface area contributed by atoms with E-state index < -0.39 is 6.10 Å². The number of ether oxygens (including phenoxy) is 1. The normalized spacial score (nSPS) is 30.3. The molecule has 3 rings (SSSR count). The van der Waals surface area contributed by atoms with Crippen molar-refractivity contribution in [1.82, 2.24) is 4.90 Å². The molecule has 2 fully saturated rings. The lowest BCUT2D eigenvalue weighted by Crippen LogP contribution is -2.54. The topological polar surface area (TPSA) is 52.9 Å². The summed E-state index contributed by atoms with van der Waals surface area (Å²) in [6.45, 7) is 2.19. The van der Waals surface area contributed by atoms with E-state index in [1.54, 1.807) is 6.07 Å². The van der Waals surface area contributed by atoms with Gasteiger partial charge in [0.25, 0.3) is 0 Å². The highest BCUT2D eigenvalue weighted by Crippen LogP contribution is 2.30. The molecule has 0 aromatic heterocycles. The summed E-state index contributed by atoms with van der Waals surface area (Å²) in [5.41, 5.74) is 0. The van der Waals surface area contributed by atoms with Crippen LogP contribution >= 0.6 is 11.6 Å². The lowest BCUT2D eigenvalue weighted by atomic mass is 9.86. The Labute approximate surface area is 143 Å². The van der Waals surface area contributed by atoms with Crippen LogP contribution in [-0.4, -0.2) is 53.1 Å². The predicted molar refractivity (Wildman–Crippen MR) is 90.9 cm³/mol. The van der Waals surface area contributed by atoms with Crippen molar-refractivity contribution in [3.63, 3.8) is 0 Å². The van der Waals surface area contributed by atoms with E-state index in [-0.39, 0.29) is 18.8 Å². The molecule has 1 aromatic rings. The Hall–Kier alpha value is -0.810. The number of piperidine rings is 1. The van der Waals surface area contributed by atoms with Crippen LogP contribution in [0, 0.1) is 5.92 Å². The lowest BCUT2D eigenvalue weighted by molar-refractivity contribution is -0.0620. The Bertz CT molecular complexity index is 505. The average molecular weight is 340 g/mol. The average Bonchev–Trinajstić information content (AvgIpc) is 2.57. The zero-order valence-electron chi connectivity index (χ0n) is 13.4. The molecule has 1 aliphatic heterocycles. The molecule has 2 N–H and O–H groups in total. The van der Waals surface area contributed by atoms with Gasteiger partial charge in [-0.3, -0.25) is 4.90 Å². The number of hydrogen-bond donors (Lipinski definition) is 2. The van der Waals surface area contributed by atoms with Crippen LogP contribution in [-0.2, 0) is 0 Å². The zero-order chi connectivity index (χ0) is 16.2. The highest BCUT2D eigenvalue weighted by Gasteiger charge is 2.37. The lowest BCUT2D eigenvalue weighted by Gasteiger charge is -2.43. The van der Waals surface area contributed by atoms with Crippen molar-refractivity contribution in [1.29, 1.82) is 0 Å². The number of aliphatic hydroxyl groups excluding tert-OH is 2. The fraction of sp³-hybridized carbons (Fsp3) is 0.667. The number of likely N-dealkylation sites (tertiary alicyclic amines) is 1. The van der Waals surface area contributed by atoms with Crippen molar-refractivity contribution in [2.45, 2.75) is 50.4 Å². The van der Waals surface area contributed by atoms with Crippen molar-refractivity contribution in [3.05, 3.63) is 29.3 Å². The predicted octanol–water partition coefficient (Wildman–Crippen LogP) is 2.71. The van der Waals surface area contributed by atoms with Crippen LogP contribution in [0.1, 0.15) is 32.1 Å². The second-order valence-corrected chi connectivity index (χ2v) is 7.20. The Morgan fingerprint density at radius 2 is 1.96 bits per heavy atom. The smallest absolute Gasteiger partial charge is 0.126 e. The Morgan fingerprint density at radius 1 is 1.17 bits per heavy atom. The molecule has 1 saturated carbocycles. The summed E-state index contributed by atoms with van der Waals surface area (Å²) in [6.07, 6.45) is 4.32. The third-order valence-electron chi connectivity index (χ3n) is 5.22. The third kappa shape index (κ3) is 4.18. The highest BCUT2D eigenvalue weighted by atomic mass is 35.5. The van der Waals surface area contributed by atoms with Gasteiger partial charge in [-0.25, -0.2) is 0 Å². The number of halogens is 1. The molecule has 0 bridgehead atoms. The Morgan fingerprint density at radius 3 is 2.65 bits per heavy atom. The molecule has 0 radical (unpaired) electrons. The van der Waals surface area contributed by atoms with Gasteiger partial charge in [0, 0.05) is 17.7 Å². The monoisotopic (exact) mass is 339 g/mol. The molecule has 0 spiro atoms. The molecule has 1 aliphatic carbocycles. The molecule has 128 valence electrons. The molecule has 1 saturated heterocycles. The molecule has 0 unspecified atom stereocenters. The molecular weight excluding hydrogens is 314 g/mol. The summed E-state index contributed by atoms with van der Waals surface area (Å²) in [7, 11) is 0. The van der Waals surface area contributed by atoms with Gasteiger partial charge in [-0.15, -0.1) is 0 Å². The first-order valence-corrected chi connectivity index (χ1v) is 9.00. The molecule has 3 atom stereocenters. The summed E-state index contributed by atoms with van der Waals surface area (Å²) in [5.74, 6) is 1.15. The quantitative estimate of drug-likeness (QED) is 0.885. The first-order valence-electron chi connectivity index (χ1n) is 8.62. The van der Waals surface area contributed by atoms with Crippen molar-refractivity contribution in [2.24, 2.45) is 5.92 Å². The van der Waals surface area contributed by atoms with Crippen LogP contribution in [0.4, 0.5) is 0 Å². The minimum atomic E-state index is -0.478. The van der Waals surface area contributed by atoms with Gasteiger partial charge in [0.2, 0.25) is 0 Å². The van der Waals surface area contributed by atoms with E-state index in [1.807, 2.05) is 18.2 Å². The van der Waals surface area contributed by atoms with E-state index in [9.17, 15) is 10.2 Å². The van der Waals surface area contributed by atoms with E-state index in [4.69, 9.17) is 16.3 Å². The van der Waals surface area contributed by atoms with Crippen LogP contribution in [0.3, 0.4) is 0 Å². The zero-order valence-corrected chi connectivity index (χ0v) is 14.2. The molecule has 2 aliphatic rings. The molecular formula is C18H26ClNO3. The van der Waals surface area contributed by atoms with Gasteiger partial charge in [0.15, 0.2) is 0 Å². The molecule has 5 heteroatoms. The summed E-state index contributed by atoms with van der Waals surface area (Å²) in [6, 6.07) is 7.52. The van der Waals surface area contributed by atoms with Gasteiger partial charge >= 0.3 is 0 Å². The second-order valence-electron chi connectivity index (χ2n) is 6.76. The standard InChI is InChI=1S/C18H26ClNO3/c19-14-3-1-4-15(11-14)23-17-6-2-5-16(18(17)22)20-9-7-13(12-21)8-10-20/h1,3-4,11,13,16-18,21-22H,2,5-10,12H2/t16-,17+,18+/m0/s1. The van der Waals surface area contributed by atoms with Gasteiger partial charge in [0.1, 0.15) is 18.0 Å². The highest BCUT2D eigenvalue weighted by molar-refractivity contribution is 6.30. The number of aliphatic hydroxyl groups is 2. The molecule has 4 nitrogen and oxygen atoms in total. The van der Waals surface area contributed by atoms with Crippen molar-refractivity contribution in [2.75, 3.05) is 19.7 Å². The van der Waals surface area contributed by atoms with Crippen LogP contribution in [0.5, 0.6) is 5.75 Å². The Kier molecular flexibility index (Phi) is 5.81. The summed E-state index contributed by atoms with van der Waals surface area (Å²) >= 11 is 6.01. The van der Waals surface area contributed by atoms with Crippen LogP contribution in [0.15, 0.2) is 24.3 Å². The van der Waals surface area contributed by atoms with E-state index in [1.165, 1.54) is 0 Å². The third-order valence-corrected chi connectivity index (χ3v) is 5.46. The van der Waals surface area contributed by atoms with Crippen LogP contribution < -0.4 is 4.74 Å². The van der Waals surface area contributed by atoms with Gasteiger partial charge < -0.3 is 14.9 Å². The molecule has 0 amide bonds. The van der Waals surface area contributed by atoms with E-state index >= 15 is 0 Å². The van der Waals surface area contributed by atoms with Gasteiger partial charge in [0.05, 0.1) is 0 Å². The van der Waals surface area contributed by atoms with Crippen molar-refractivity contribution < 1.29 is 14.9 Å². The van der Waals surface area contributed by atoms with Gasteiger partial charge in [-0.1, -0.05) is 17.7 Å². The fourth-order valence-corrected chi connectivity index (χ4v) is 4.01. The first-order chi connectivity index (χ1) is 11.2. The van der Waals surface area contributed by atoms with Crippen molar-refractivity contribution in [3.8, 4) is 5.75 Å². The van der Waals surface area contributed by atoms with Crippen LogP contribution in [0.2, 0.25) is 5.02 Å². The molecule has 23 heavy (non-hydrogen) atoms. The first kappa shape index (κ1) is 17.0. The van der Waals surface area contributed by atoms with Crippen LogP contribution in [0.25, 0.3) is 0 Å². The maximum Gasteiger partial charge on any atom is 0.126 e. The summed E-state index contributed by atoms with van der Waals surface area (Å²) < 4.78 is 6.01. The number of nitrogens with zero attached hydrogens (tertiary/aromatic N) is 1.